The molecule has 2 N–H and O–H groups in total. The van der Waals surface area contributed by atoms with Gasteiger partial charge < -0.3 is 34.7 Å². The van der Waals surface area contributed by atoms with Gasteiger partial charge in [-0.3, -0.25) is 28.8 Å². The number of nitrogens with one attached hydrogen (secondary N) is 2. The Bertz CT molecular complexity index is 1400. The summed E-state index contributed by atoms with van der Waals surface area (Å²) in [6.07, 6.45) is -4.79. The Kier molecular flexibility index (Phi) is 16.9. The van der Waals surface area contributed by atoms with E-state index in [1.54, 1.807) is 19.9 Å². The molecule has 0 bridgehead atoms. The van der Waals surface area contributed by atoms with Crippen LogP contribution < -0.4 is 5.32 Å². The fraction of sp³-hybridized carbons (Fsp3) is 0.455. The summed E-state index contributed by atoms with van der Waals surface area (Å²) in [5, 5.41) is 2.20. The number of rotatable bonds is 10. The number of carbonyl (C=O) groups is 6. The largest absolute Gasteiger partial charge is 0.463 e. The third-order valence-corrected chi connectivity index (χ3v) is 6.77. The molecule has 0 saturated carbocycles. The minimum atomic E-state index is -1.21. The fourth-order valence-electron chi connectivity index (χ4n) is 4.52. The van der Waals surface area contributed by atoms with Crippen molar-refractivity contribution in [3.8, 4) is 0 Å². The number of benzene rings is 2. The van der Waals surface area contributed by atoms with Gasteiger partial charge in [-0.1, -0.05) is 38.1 Å². The number of urea groups is 1. The van der Waals surface area contributed by atoms with E-state index in [2.05, 4.69) is 11.4 Å². The second-order valence-electron chi connectivity index (χ2n) is 11.1. The standard InChI is InChI=1S/C27H29O9.C6H12N2O2.Y/c1-16(28)32-15-23-25(33-17(2)29)27(35-19(4)31)26(34-18(3)30)24(36-23)22-12-8-11-21(14-22)13-20-9-6-5-7-10-20;1-4(9)6(2,3)8-5(7)10;/h6-12,14,23-27H,13,15H2,1-4H3;1-3H3,(H3,7,8,10);/q-1;;/p-1/t23-,24+,25?,26+,27+;;/m1../s1. The van der Waals surface area contributed by atoms with Crippen LogP contribution in [0.4, 0.5) is 4.79 Å². The first-order chi connectivity index (χ1) is 21.5. The van der Waals surface area contributed by atoms with E-state index >= 15 is 0 Å². The third-order valence-electron chi connectivity index (χ3n) is 6.77. The topological polar surface area (TPSA) is 184 Å². The van der Waals surface area contributed by atoms with Crippen LogP contribution in [0.3, 0.4) is 0 Å². The summed E-state index contributed by atoms with van der Waals surface area (Å²) in [6, 6.07) is 17.1. The van der Waals surface area contributed by atoms with Gasteiger partial charge in [-0.2, -0.15) is 35.9 Å². The van der Waals surface area contributed by atoms with Crippen molar-refractivity contribution in [2.45, 2.75) is 90.9 Å². The van der Waals surface area contributed by atoms with Crippen LogP contribution in [0.25, 0.3) is 5.73 Å². The quantitative estimate of drug-likeness (QED) is 0.212. The molecule has 0 spiro atoms. The van der Waals surface area contributed by atoms with E-state index in [9.17, 15) is 28.8 Å². The molecule has 1 heterocycles. The molecule has 13 nitrogen and oxygen atoms in total. The van der Waals surface area contributed by atoms with Crippen LogP contribution in [0.15, 0.2) is 48.5 Å². The first kappa shape index (κ1) is 41.3. The summed E-state index contributed by atoms with van der Waals surface area (Å²) < 4.78 is 27.9. The number of hydrogen-bond acceptors (Lipinski definition) is 11. The second kappa shape index (κ2) is 19.2. The monoisotopic (exact) mass is 729 g/mol. The van der Waals surface area contributed by atoms with Crippen molar-refractivity contribution in [1.82, 2.24) is 5.32 Å². The fourth-order valence-corrected chi connectivity index (χ4v) is 4.52. The van der Waals surface area contributed by atoms with Gasteiger partial charge in [-0.05, 0) is 24.5 Å². The maximum Gasteiger partial charge on any atom is 0.303 e. The van der Waals surface area contributed by atoms with Crippen molar-refractivity contribution < 1.29 is 85.2 Å². The van der Waals surface area contributed by atoms with E-state index in [0.29, 0.717) is 12.0 Å². The number of ether oxygens (including phenoxy) is 5. The van der Waals surface area contributed by atoms with Gasteiger partial charge in [0.25, 0.3) is 0 Å². The molecule has 2 aromatic rings. The van der Waals surface area contributed by atoms with Crippen LogP contribution in [0.5, 0.6) is 0 Å². The van der Waals surface area contributed by atoms with Crippen molar-refractivity contribution in [2.24, 2.45) is 0 Å². The van der Waals surface area contributed by atoms with Gasteiger partial charge in [-0.15, -0.1) is 0 Å². The van der Waals surface area contributed by atoms with Crippen molar-refractivity contribution in [3.63, 3.8) is 0 Å². The number of ketones is 1. The van der Waals surface area contributed by atoms with E-state index in [1.165, 1.54) is 34.6 Å². The summed E-state index contributed by atoms with van der Waals surface area (Å²) in [4.78, 5) is 68.3. The van der Waals surface area contributed by atoms with Gasteiger partial charge in [0.15, 0.2) is 24.3 Å². The Morgan fingerprint density at radius 2 is 1.36 bits per heavy atom. The van der Waals surface area contributed by atoms with Gasteiger partial charge in [0.05, 0.1) is 0 Å². The number of amides is 2. The predicted octanol–water partition coefficient (Wildman–Crippen LogP) is 3.99. The number of hydrogen-bond donors (Lipinski definition) is 1. The van der Waals surface area contributed by atoms with E-state index in [4.69, 9.17) is 29.4 Å². The second-order valence-corrected chi connectivity index (χ2v) is 11.1. The maximum absolute atomic E-state index is 12.1. The molecule has 253 valence electrons. The molecule has 2 aromatic carbocycles. The number of esters is 4. The zero-order valence-electron chi connectivity index (χ0n) is 27.5. The molecule has 0 aliphatic carbocycles. The van der Waals surface area contributed by atoms with Gasteiger partial charge in [0, 0.05) is 65.9 Å². The summed E-state index contributed by atoms with van der Waals surface area (Å²) in [5.74, 6) is -2.70. The summed E-state index contributed by atoms with van der Waals surface area (Å²) >= 11 is 0. The molecule has 1 aliphatic rings. The first-order valence-electron chi connectivity index (χ1n) is 14.4. The third kappa shape index (κ3) is 13.9. The molecular weight excluding hydrogens is 689 g/mol. The van der Waals surface area contributed by atoms with Crippen molar-refractivity contribution >= 4 is 35.7 Å². The van der Waals surface area contributed by atoms with Gasteiger partial charge in [-0.25, -0.2) is 0 Å². The molecule has 1 radical (unpaired) electrons. The Balaban J connectivity index is 0.000000869. The molecule has 14 heteroatoms. The predicted molar refractivity (Wildman–Crippen MR) is 163 cm³/mol. The molecule has 1 saturated heterocycles. The van der Waals surface area contributed by atoms with E-state index in [-0.39, 0.29) is 45.1 Å². The Hall–Kier alpha value is -3.68. The molecule has 0 aromatic heterocycles. The van der Waals surface area contributed by atoms with E-state index in [1.807, 2.05) is 42.5 Å². The zero-order valence-corrected chi connectivity index (χ0v) is 30.3. The van der Waals surface area contributed by atoms with Gasteiger partial charge >= 0.3 is 23.9 Å². The molecule has 1 unspecified atom stereocenters. The van der Waals surface area contributed by atoms with Crippen LogP contribution in [-0.2, 0) is 86.8 Å². The Morgan fingerprint density at radius 1 is 0.809 bits per heavy atom. The molecule has 2 amide bonds. The first-order valence-corrected chi connectivity index (χ1v) is 14.4. The average Bonchev–Trinajstić information content (AvgIpc) is 2.94. The minimum absolute atomic E-state index is 0. The smallest absolute Gasteiger partial charge is 0.303 e. The van der Waals surface area contributed by atoms with Crippen LogP contribution in [0.1, 0.15) is 71.3 Å². The van der Waals surface area contributed by atoms with Crippen LogP contribution in [0.2, 0.25) is 0 Å². The zero-order chi connectivity index (χ0) is 34.6. The SMILES string of the molecule is CC(=O)C(C)(C)NC([NH-])=O.CC(=O)OC[C@H]1O[C@@H](c2cccc(Cc3cc[c-]cc3)c2)[C@H](OC(C)=O)[C@@H](OC(C)=O)C1OC(C)=O.[Y]. The van der Waals surface area contributed by atoms with E-state index in [0.717, 1.165) is 11.1 Å². The van der Waals surface area contributed by atoms with E-state index < -0.39 is 66.0 Å². The Labute approximate surface area is 299 Å². The molecule has 1 aliphatic heterocycles. The van der Waals surface area contributed by atoms with Crippen molar-refractivity contribution in [1.29, 1.82) is 0 Å². The molecular formula is C33H40N2O11Y-2. The van der Waals surface area contributed by atoms with Gasteiger partial charge in [0.2, 0.25) is 0 Å². The average molecular weight is 730 g/mol. The number of Topliss-reactive ketones (excluding diaryl/α,β-unsaturated/α-hetero) is 1. The Morgan fingerprint density at radius 3 is 1.85 bits per heavy atom. The van der Waals surface area contributed by atoms with Crippen molar-refractivity contribution in [3.05, 3.63) is 77.0 Å². The van der Waals surface area contributed by atoms with Crippen LogP contribution in [0, 0.1) is 6.07 Å². The summed E-state index contributed by atoms with van der Waals surface area (Å²) in [7, 11) is 0. The maximum atomic E-state index is 12.1. The molecule has 3 rings (SSSR count). The molecule has 5 atom stereocenters. The number of carbonyl (C=O) groups excluding carboxylic acids is 6. The van der Waals surface area contributed by atoms with Gasteiger partial charge in [0.1, 0.15) is 24.6 Å². The van der Waals surface area contributed by atoms with Crippen LogP contribution >= 0.6 is 0 Å². The summed E-state index contributed by atoms with van der Waals surface area (Å²) in [6.45, 7) is 9.05. The normalized spacial score (nSPS) is 20.1. The summed E-state index contributed by atoms with van der Waals surface area (Å²) in [5.41, 5.74) is 8.31. The molecule has 1 fully saturated rings. The van der Waals surface area contributed by atoms with Crippen LogP contribution in [-0.4, -0.2) is 72.3 Å². The van der Waals surface area contributed by atoms with Crippen molar-refractivity contribution in [2.75, 3.05) is 6.61 Å². The minimum Gasteiger partial charge on any atom is -0.463 e. The molecule has 47 heavy (non-hydrogen) atoms.